The second-order valence-corrected chi connectivity index (χ2v) is 11.0. The van der Waals surface area contributed by atoms with Crippen LogP contribution in [0.1, 0.15) is 68.9 Å². The summed E-state index contributed by atoms with van der Waals surface area (Å²) >= 11 is 2.21. The van der Waals surface area contributed by atoms with Crippen LogP contribution in [-0.4, -0.2) is 30.1 Å². The molecule has 0 aromatic heterocycles. The van der Waals surface area contributed by atoms with Crippen LogP contribution in [-0.2, 0) is 16.2 Å². The van der Waals surface area contributed by atoms with Crippen LogP contribution in [0.2, 0.25) is 0 Å². The first-order valence-corrected chi connectivity index (χ1v) is 14.1. The number of Topliss-reactive ketones (excluding diaryl/α,β-unsaturated/α-hetero) is 2. The predicted octanol–water partition coefficient (Wildman–Crippen LogP) is 6.84. The molecule has 5 nitrogen and oxygen atoms in total. The van der Waals surface area contributed by atoms with Crippen molar-refractivity contribution < 1.29 is 23.5 Å². The van der Waals surface area contributed by atoms with Crippen molar-refractivity contribution in [3.05, 3.63) is 79.5 Å². The molecule has 194 valence electrons. The van der Waals surface area contributed by atoms with Gasteiger partial charge in [-0.3, -0.25) is 9.59 Å². The topological polar surface area (TPSA) is 55.8 Å². The van der Waals surface area contributed by atoms with Crippen molar-refractivity contribution in [2.45, 2.75) is 64.4 Å². The van der Waals surface area contributed by atoms with E-state index in [0.717, 1.165) is 75.9 Å². The number of methoxy groups -OCH3 is 1. The van der Waals surface area contributed by atoms with E-state index in [1.165, 1.54) is 12.1 Å². The van der Waals surface area contributed by atoms with Crippen molar-refractivity contribution >= 4 is 34.2 Å². The van der Waals surface area contributed by atoms with Crippen molar-refractivity contribution in [2.75, 3.05) is 13.7 Å². The standard InChI is InChI=1S/C30H31FINO4/c1-3-13-33-22-9-5-11-24(34)28(22)27(29-23(33)10-6-12-25(29)35)19-15-21(32)30(26(16-19)36-2)37-17-18-7-4-8-20(31)14-18/h4,7-8,14-16,27H,3,5-6,9-13,17H2,1-2H3. The SMILES string of the molecule is CCCN1C2=C(C(=O)CCC2)C(c2cc(I)c(OCc3cccc(F)c3)c(OC)c2)C2=C1CCCC2=O. The van der Waals surface area contributed by atoms with E-state index >= 15 is 0 Å². The normalized spacial score (nSPS) is 18.2. The second kappa shape index (κ2) is 11.0. The Kier molecular flexibility index (Phi) is 7.70. The minimum Gasteiger partial charge on any atom is -0.493 e. The molecule has 0 saturated heterocycles. The van der Waals surface area contributed by atoms with E-state index in [1.807, 2.05) is 18.2 Å². The molecule has 37 heavy (non-hydrogen) atoms. The van der Waals surface area contributed by atoms with Crippen molar-refractivity contribution in [3.8, 4) is 11.5 Å². The maximum Gasteiger partial charge on any atom is 0.174 e. The Balaban J connectivity index is 1.60. The molecule has 0 atom stereocenters. The Morgan fingerprint density at radius 2 is 1.68 bits per heavy atom. The second-order valence-electron chi connectivity index (χ2n) is 9.81. The molecule has 2 aromatic rings. The highest BCUT2D eigenvalue weighted by molar-refractivity contribution is 14.1. The fourth-order valence-electron chi connectivity index (χ4n) is 5.87. The monoisotopic (exact) mass is 615 g/mol. The van der Waals surface area contributed by atoms with Gasteiger partial charge in [0.05, 0.1) is 10.7 Å². The minimum absolute atomic E-state index is 0.137. The smallest absolute Gasteiger partial charge is 0.174 e. The molecule has 0 unspecified atom stereocenters. The number of hydrogen-bond acceptors (Lipinski definition) is 5. The third-order valence-electron chi connectivity index (χ3n) is 7.39. The molecule has 2 aliphatic carbocycles. The summed E-state index contributed by atoms with van der Waals surface area (Å²) in [6.45, 7) is 3.15. The van der Waals surface area contributed by atoms with Gasteiger partial charge >= 0.3 is 0 Å². The number of nitrogens with zero attached hydrogens (tertiary/aromatic N) is 1. The average Bonchev–Trinajstić information content (AvgIpc) is 2.88. The molecule has 3 aliphatic rings. The molecule has 0 radical (unpaired) electrons. The van der Waals surface area contributed by atoms with Gasteiger partial charge in [-0.25, -0.2) is 4.39 Å². The summed E-state index contributed by atoms with van der Waals surface area (Å²) < 4.78 is 26.3. The number of halogens is 2. The number of allylic oxidation sites excluding steroid dienone is 4. The van der Waals surface area contributed by atoms with Crippen molar-refractivity contribution in [2.24, 2.45) is 0 Å². The van der Waals surface area contributed by atoms with E-state index in [4.69, 9.17) is 9.47 Å². The molecule has 0 N–H and O–H groups in total. The quantitative estimate of drug-likeness (QED) is 0.320. The van der Waals surface area contributed by atoms with Gasteiger partial charge in [-0.05, 0) is 90.1 Å². The molecule has 1 aliphatic heterocycles. The molecular formula is C30H31FINO4. The summed E-state index contributed by atoms with van der Waals surface area (Å²) in [6, 6.07) is 10.2. The van der Waals surface area contributed by atoms with E-state index in [9.17, 15) is 14.0 Å². The minimum atomic E-state index is -0.390. The lowest BCUT2D eigenvalue weighted by atomic mass is 9.71. The van der Waals surface area contributed by atoms with Crippen LogP contribution in [0.5, 0.6) is 11.5 Å². The zero-order chi connectivity index (χ0) is 26.1. The number of rotatable bonds is 7. The van der Waals surface area contributed by atoms with Crippen LogP contribution in [0.15, 0.2) is 58.9 Å². The van der Waals surface area contributed by atoms with Gasteiger partial charge in [0, 0.05) is 47.8 Å². The molecule has 7 heteroatoms. The van der Waals surface area contributed by atoms with Gasteiger partial charge in [-0.15, -0.1) is 0 Å². The molecule has 0 fully saturated rings. The van der Waals surface area contributed by atoms with E-state index < -0.39 is 5.92 Å². The van der Waals surface area contributed by atoms with Gasteiger partial charge in [-0.1, -0.05) is 19.1 Å². The van der Waals surface area contributed by atoms with E-state index in [2.05, 4.69) is 34.4 Å². The molecule has 1 heterocycles. The van der Waals surface area contributed by atoms with E-state index in [1.54, 1.807) is 13.2 Å². The van der Waals surface area contributed by atoms with Gasteiger partial charge in [0.15, 0.2) is 23.1 Å². The Morgan fingerprint density at radius 3 is 2.27 bits per heavy atom. The summed E-state index contributed by atoms with van der Waals surface area (Å²) in [4.78, 5) is 29.1. The van der Waals surface area contributed by atoms with Gasteiger partial charge < -0.3 is 14.4 Å². The zero-order valence-electron chi connectivity index (χ0n) is 21.2. The Labute approximate surface area is 230 Å². The Bertz CT molecular complexity index is 1270. The number of ether oxygens (including phenoxy) is 2. The molecule has 0 bridgehead atoms. The largest absolute Gasteiger partial charge is 0.493 e. The number of benzene rings is 2. The Morgan fingerprint density at radius 1 is 1.00 bits per heavy atom. The van der Waals surface area contributed by atoms with Crippen LogP contribution >= 0.6 is 22.6 Å². The van der Waals surface area contributed by atoms with Gasteiger partial charge in [-0.2, -0.15) is 0 Å². The van der Waals surface area contributed by atoms with Crippen LogP contribution < -0.4 is 9.47 Å². The van der Waals surface area contributed by atoms with Crippen molar-refractivity contribution in [3.63, 3.8) is 0 Å². The highest BCUT2D eigenvalue weighted by atomic mass is 127. The molecule has 0 spiro atoms. The van der Waals surface area contributed by atoms with Gasteiger partial charge in [0.25, 0.3) is 0 Å². The third kappa shape index (κ3) is 4.94. The number of ketones is 2. The summed E-state index contributed by atoms with van der Waals surface area (Å²) in [5.74, 6) is 0.668. The van der Waals surface area contributed by atoms with Crippen LogP contribution in [0.3, 0.4) is 0 Å². The molecule has 0 amide bonds. The lowest BCUT2D eigenvalue weighted by Crippen LogP contribution is -2.39. The van der Waals surface area contributed by atoms with Gasteiger partial charge in [0.1, 0.15) is 12.4 Å². The lowest BCUT2D eigenvalue weighted by molar-refractivity contribution is -0.117. The molecule has 2 aromatic carbocycles. The highest BCUT2D eigenvalue weighted by Gasteiger charge is 2.43. The fourth-order valence-corrected chi connectivity index (χ4v) is 6.65. The summed E-state index contributed by atoms with van der Waals surface area (Å²) in [6.07, 6.45) is 5.36. The maximum atomic E-state index is 13.6. The zero-order valence-corrected chi connectivity index (χ0v) is 23.4. The molecule has 0 saturated carbocycles. The summed E-state index contributed by atoms with van der Waals surface area (Å²) in [5.41, 5.74) is 5.34. The molecule has 5 rings (SSSR count). The Hall–Kier alpha value is -2.68. The first-order valence-electron chi connectivity index (χ1n) is 13.0. The van der Waals surface area contributed by atoms with Gasteiger partial charge in [0.2, 0.25) is 0 Å². The number of hydrogen-bond donors (Lipinski definition) is 0. The van der Waals surface area contributed by atoms with Crippen LogP contribution in [0.4, 0.5) is 4.39 Å². The third-order valence-corrected chi connectivity index (χ3v) is 8.19. The lowest BCUT2D eigenvalue weighted by Gasteiger charge is -2.44. The predicted molar refractivity (Wildman–Crippen MR) is 148 cm³/mol. The number of carbonyl (C=O) groups is 2. The van der Waals surface area contributed by atoms with Crippen LogP contribution in [0, 0.1) is 9.39 Å². The van der Waals surface area contributed by atoms with Crippen molar-refractivity contribution in [1.82, 2.24) is 4.90 Å². The van der Waals surface area contributed by atoms with Crippen molar-refractivity contribution in [1.29, 1.82) is 0 Å². The summed E-state index contributed by atoms with van der Waals surface area (Å²) in [7, 11) is 1.58. The van der Waals surface area contributed by atoms with E-state index in [-0.39, 0.29) is 24.0 Å². The molecular weight excluding hydrogens is 584 g/mol. The summed E-state index contributed by atoms with van der Waals surface area (Å²) in [5, 5.41) is 0. The average molecular weight is 615 g/mol. The first kappa shape index (κ1) is 25.9. The first-order chi connectivity index (χ1) is 17.9. The van der Waals surface area contributed by atoms with E-state index in [0.29, 0.717) is 24.3 Å². The highest BCUT2D eigenvalue weighted by Crippen LogP contribution is 2.50. The maximum absolute atomic E-state index is 13.6. The number of carbonyl (C=O) groups excluding carboxylic acids is 2. The fraction of sp³-hybridized carbons (Fsp3) is 0.400. The van der Waals surface area contributed by atoms with Crippen LogP contribution in [0.25, 0.3) is 0 Å².